The highest BCUT2D eigenvalue weighted by molar-refractivity contribution is 7.09. The van der Waals surface area contributed by atoms with Gasteiger partial charge in [-0.2, -0.15) is 0 Å². The highest BCUT2D eigenvalue weighted by atomic mass is 32.1. The van der Waals surface area contributed by atoms with E-state index >= 15 is 0 Å². The third-order valence-corrected chi connectivity index (χ3v) is 6.43. The molecule has 0 radical (unpaired) electrons. The lowest BCUT2D eigenvalue weighted by atomic mass is 10.1. The fourth-order valence-corrected chi connectivity index (χ4v) is 4.55. The minimum absolute atomic E-state index is 0.0866. The summed E-state index contributed by atoms with van der Waals surface area (Å²) >= 11 is 1.65. The number of amides is 1. The second kappa shape index (κ2) is 9.95. The molecular formula is C25H24FN3O3S. The normalized spacial score (nSPS) is 12.0. The van der Waals surface area contributed by atoms with Crippen LogP contribution in [0.5, 0.6) is 5.75 Å². The second-order valence-electron chi connectivity index (χ2n) is 7.84. The van der Waals surface area contributed by atoms with E-state index < -0.39 is 5.82 Å². The van der Waals surface area contributed by atoms with E-state index in [1.165, 1.54) is 34.0 Å². The monoisotopic (exact) mass is 465 g/mol. The standard InChI is InChI=1S/C25H24FN3O3S/c1-17(12-21-4-3-11-33-21)29(14-18-5-8-20(32-2)9-6-18)24(30)15-28-16-27-23-13-19(26)7-10-22(23)25(28)31/h3-11,13,16-17H,12,14-15H2,1-2H3/t17-/m1/s1. The van der Waals surface area contributed by atoms with Gasteiger partial charge in [0.15, 0.2) is 0 Å². The van der Waals surface area contributed by atoms with E-state index in [1.54, 1.807) is 23.3 Å². The summed E-state index contributed by atoms with van der Waals surface area (Å²) in [5.41, 5.74) is 0.857. The molecule has 4 aromatic rings. The first kappa shape index (κ1) is 22.7. The number of carbonyl (C=O) groups excluding carboxylic acids is 1. The Morgan fingerprint density at radius 2 is 2.00 bits per heavy atom. The summed E-state index contributed by atoms with van der Waals surface area (Å²) < 4.78 is 20.0. The maximum absolute atomic E-state index is 13.5. The van der Waals surface area contributed by atoms with Crippen molar-refractivity contribution in [3.8, 4) is 5.75 Å². The first-order valence-electron chi connectivity index (χ1n) is 10.5. The number of benzene rings is 2. The van der Waals surface area contributed by atoms with Gasteiger partial charge in [-0.25, -0.2) is 9.37 Å². The highest BCUT2D eigenvalue weighted by Crippen LogP contribution is 2.19. The fourth-order valence-electron chi connectivity index (χ4n) is 3.73. The van der Waals surface area contributed by atoms with Crippen molar-refractivity contribution in [2.75, 3.05) is 7.11 Å². The quantitative estimate of drug-likeness (QED) is 0.390. The molecular weight excluding hydrogens is 441 g/mol. The molecule has 8 heteroatoms. The molecule has 6 nitrogen and oxygen atoms in total. The molecule has 0 unspecified atom stereocenters. The Balaban J connectivity index is 1.60. The molecule has 2 aromatic heterocycles. The molecule has 33 heavy (non-hydrogen) atoms. The van der Waals surface area contributed by atoms with Gasteiger partial charge in [0, 0.05) is 30.0 Å². The highest BCUT2D eigenvalue weighted by Gasteiger charge is 2.22. The number of methoxy groups -OCH3 is 1. The van der Waals surface area contributed by atoms with Crippen LogP contribution in [0.2, 0.25) is 0 Å². The summed E-state index contributed by atoms with van der Waals surface area (Å²) in [6.07, 6.45) is 2.02. The molecule has 0 aliphatic rings. The Morgan fingerprint density at radius 3 is 2.70 bits per heavy atom. The van der Waals surface area contributed by atoms with E-state index in [4.69, 9.17) is 4.74 Å². The Labute approximate surface area is 194 Å². The number of nitrogens with zero attached hydrogens (tertiary/aromatic N) is 3. The molecule has 0 bridgehead atoms. The summed E-state index contributed by atoms with van der Waals surface area (Å²) in [5, 5.41) is 2.29. The van der Waals surface area contributed by atoms with Crippen LogP contribution in [0.15, 0.2) is 71.1 Å². The third-order valence-electron chi connectivity index (χ3n) is 5.53. The molecule has 0 spiro atoms. The SMILES string of the molecule is COc1ccc(CN(C(=O)Cn2cnc3cc(F)ccc3c2=O)[C@H](C)Cc2cccs2)cc1. The molecule has 0 fully saturated rings. The summed E-state index contributed by atoms with van der Waals surface area (Å²) in [6.45, 7) is 2.26. The molecule has 1 atom stereocenters. The van der Waals surface area contributed by atoms with Gasteiger partial charge in [-0.1, -0.05) is 18.2 Å². The number of rotatable bonds is 8. The molecule has 4 rings (SSSR count). The number of ether oxygens (including phenoxy) is 1. The molecule has 0 aliphatic carbocycles. The topological polar surface area (TPSA) is 64.4 Å². The largest absolute Gasteiger partial charge is 0.497 e. The number of hydrogen-bond acceptors (Lipinski definition) is 5. The molecule has 0 aliphatic heterocycles. The van der Waals surface area contributed by atoms with Gasteiger partial charge in [-0.3, -0.25) is 14.2 Å². The first-order chi connectivity index (χ1) is 15.9. The Hall–Kier alpha value is -3.52. The zero-order chi connectivity index (χ0) is 23.4. The van der Waals surface area contributed by atoms with Crippen LogP contribution in [0.25, 0.3) is 10.9 Å². The van der Waals surface area contributed by atoms with E-state index in [1.807, 2.05) is 48.7 Å². The van der Waals surface area contributed by atoms with Crippen LogP contribution in [0.1, 0.15) is 17.4 Å². The van der Waals surface area contributed by atoms with Gasteiger partial charge in [-0.15, -0.1) is 11.3 Å². The van der Waals surface area contributed by atoms with Gasteiger partial charge in [0.1, 0.15) is 18.1 Å². The van der Waals surface area contributed by atoms with Gasteiger partial charge in [0.2, 0.25) is 5.91 Å². The van der Waals surface area contributed by atoms with Crippen LogP contribution >= 0.6 is 11.3 Å². The van der Waals surface area contributed by atoms with E-state index in [0.29, 0.717) is 13.0 Å². The smallest absolute Gasteiger partial charge is 0.261 e. The zero-order valence-corrected chi connectivity index (χ0v) is 19.2. The Kier molecular flexibility index (Phi) is 6.84. The molecule has 0 saturated heterocycles. The van der Waals surface area contributed by atoms with Gasteiger partial charge >= 0.3 is 0 Å². The molecule has 1 amide bonds. The van der Waals surface area contributed by atoms with Crippen molar-refractivity contribution >= 4 is 28.1 Å². The average molecular weight is 466 g/mol. The van der Waals surface area contributed by atoms with Crippen LogP contribution < -0.4 is 10.3 Å². The van der Waals surface area contributed by atoms with Crippen LogP contribution in [-0.4, -0.2) is 33.5 Å². The van der Waals surface area contributed by atoms with E-state index in [-0.39, 0.29) is 35.0 Å². The molecule has 2 heterocycles. The first-order valence-corrected chi connectivity index (χ1v) is 11.4. The average Bonchev–Trinajstić information content (AvgIpc) is 3.32. The van der Waals surface area contributed by atoms with Crippen molar-refractivity contribution in [1.82, 2.24) is 14.5 Å². The number of carbonyl (C=O) groups is 1. The number of halogens is 1. The summed E-state index contributed by atoms with van der Waals surface area (Å²) in [5.74, 6) is 0.0880. The van der Waals surface area contributed by atoms with Gasteiger partial charge in [0.05, 0.1) is 24.3 Å². The van der Waals surface area contributed by atoms with Crippen LogP contribution in [0.3, 0.4) is 0 Å². The van der Waals surface area contributed by atoms with Crippen molar-refractivity contribution < 1.29 is 13.9 Å². The Morgan fingerprint density at radius 1 is 1.21 bits per heavy atom. The maximum atomic E-state index is 13.5. The van der Waals surface area contributed by atoms with Crippen molar-refractivity contribution in [2.45, 2.75) is 32.5 Å². The van der Waals surface area contributed by atoms with Crippen molar-refractivity contribution in [3.05, 3.63) is 92.9 Å². The molecule has 170 valence electrons. The summed E-state index contributed by atoms with van der Waals surface area (Å²) in [4.78, 5) is 33.4. The minimum atomic E-state index is -0.462. The fraction of sp³-hybridized carbons (Fsp3) is 0.240. The van der Waals surface area contributed by atoms with E-state index in [0.717, 1.165) is 11.3 Å². The van der Waals surface area contributed by atoms with Crippen molar-refractivity contribution in [3.63, 3.8) is 0 Å². The number of thiophene rings is 1. The number of hydrogen-bond donors (Lipinski definition) is 0. The predicted octanol–water partition coefficient (Wildman–Crippen LogP) is 4.27. The van der Waals surface area contributed by atoms with E-state index in [2.05, 4.69) is 4.98 Å². The van der Waals surface area contributed by atoms with Crippen LogP contribution in [0.4, 0.5) is 4.39 Å². The maximum Gasteiger partial charge on any atom is 0.261 e. The van der Waals surface area contributed by atoms with E-state index in [9.17, 15) is 14.0 Å². The summed E-state index contributed by atoms with van der Waals surface area (Å²) in [6, 6.07) is 15.4. The minimum Gasteiger partial charge on any atom is -0.497 e. The van der Waals surface area contributed by atoms with Crippen LogP contribution in [0, 0.1) is 5.82 Å². The van der Waals surface area contributed by atoms with Gasteiger partial charge in [0.25, 0.3) is 5.56 Å². The molecule has 2 aromatic carbocycles. The molecule has 0 saturated carbocycles. The zero-order valence-electron chi connectivity index (χ0n) is 18.4. The second-order valence-corrected chi connectivity index (χ2v) is 8.87. The lowest BCUT2D eigenvalue weighted by Crippen LogP contribution is -2.42. The van der Waals surface area contributed by atoms with Crippen LogP contribution in [-0.2, 0) is 24.3 Å². The van der Waals surface area contributed by atoms with Gasteiger partial charge in [-0.05, 0) is 48.2 Å². The number of aromatic nitrogens is 2. The predicted molar refractivity (Wildman–Crippen MR) is 127 cm³/mol. The van der Waals surface area contributed by atoms with Crippen molar-refractivity contribution in [2.24, 2.45) is 0 Å². The molecule has 0 N–H and O–H groups in total. The lowest BCUT2D eigenvalue weighted by molar-refractivity contribution is -0.134. The summed E-state index contributed by atoms with van der Waals surface area (Å²) in [7, 11) is 1.61. The lowest BCUT2D eigenvalue weighted by Gasteiger charge is -2.30. The third kappa shape index (κ3) is 5.28. The van der Waals surface area contributed by atoms with Crippen molar-refractivity contribution in [1.29, 1.82) is 0 Å². The Bertz CT molecular complexity index is 1300. The number of fused-ring (bicyclic) bond motifs is 1. The van der Waals surface area contributed by atoms with Gasteiger partial charge < -0.3 is 9.64 Å².